The molecule has 3 heteroatoms. The van der Waals surface area contributed by atoms with Crippen LogP contribution in [0.5, 0.6) is 0 Å². The van der Waals surface area contributed by atoms with E-state index in [0.29, 0.717) is 18.3 Å². The van der Waals surface area contributed by atoms with Crippen LogP contribution in [0, 0.1) is 17.8 Å². The van der Waals surface area contributed by atoms with Crippen molar-refractivity contribution >= 4 is 5.91 Å². The highest BCUT2D eigenvalue weighted by Gasteiger charge is 2.23. The second kappa shape index (κ2) is 8.52. The summed E-state index contributed by atoms with van der Waals surface area (Å²) >= 11 is 0. The summed E-state index contributed by atoms with van der Waals surface area (Å²) in [6.45, 7) is 6.10. The Hall–Kier alpha value is -0.570. The lowest BCUT2D eigenvalue weighted by atomic mass is 9.96. The molecule has 0 spiro atoms. The lowest BCUT2D eigenvalue weighted by molar-refractivity contribution is -0.121. The van der Waals surface area contributed by atoms with Gasteiger partial charge in [-0.15, -0.1) is 0 Å². The number of carbonyl (C=O) groups is 1. The van der Waals surface area contributed by atoms with E-state index in [9.17, 15) is 4.79 Å². The van der Waals surface area contributed by atoms with Crippen molar-refractivity contribution in [1.29, 1.82) is 0 Å². The Morgan fingerprint density at radius 3 is 2.72 bits per heavy atom. The van der Waals surface area contributed by atoms with E-state index in [2.05, 4.69) is 19.2 Å². The fraction of sp³-hybridized carbons (Fsp3) is 0.933. The summed E-state index contributed by atoms with van der Waals surface area (Å²) in [6.07, 6.45) is 7.77. The highest BCUT2D eigenvalue weighted by Crippen LogP contribution is 2.30. The minimum absolute atomic E-state index is 0.226. The van der Waals surface area contributed by atoms with Gasteiger partial charge >= 0.3 is 0 Å². The van der Waals surface area contributed by atoms with E-state index in [1.807, 2.05) is 0 Å². The molecule has 0 aromatic heterocycles. The molecule has 3 nitrogen and oxygen atoms in total. The molecule has 1 aliphatic carbocycles. The summed E-state index contributed by atoms with van der Waals surface area (Å²) in [5.41, 5.74) is 5.57. The van der Waals surface area contributed by atoms with Crippen molar-refractivity contribution < 1.29 is 4.79 Å². The van der Waals surface area contributed by atoms with Gasteiger partial charge in [0.1, 0.15) is 0 Å². The summed E-state index contributed by atoms with van der Waals surface area (Å²) in [4.78, 5) is 11.8. The molecule has 106 valence electrons. The molecular formula is C15H30N2O. The Morgan fingerprint density at radius 2 is 2.17 bits per heavy atom. The summed E-state index contributed by atoms with van der Waals surface area (Å²) in [5.74, 6) is 2.33. The van der Waals surface area contributed by atoms with E-state index in [4.69, 9.17) is 5.73 Å². The first-order valence-electron chi connectivity index (χ1n) is 7.64. The zero-order chi connectivity index (χ0) is 13.4. The fourth-order valence-corrected chi connectivity index (χ4v) is 2.98. The molecule has 0 aromatic carbocycles. The quantitative estimate of drug-likeness (QED) is 0.699. The van der Waals surface area contributed by atoms with Gasteiger partial charge in [0, 0.05) is 13.0 Å². The van der Waals surface area contributed by atoms with Crippen molar-refractivity contribution in [2.75, 3.05) is 13.1 Å². The minimum Gasteiger partial charge on any atom is -0.356 e. The highest BCUT2D eigenvalue weighted by atomic mass is 16.1. The second-order valence-electron chi connectivity index (χ2n) is 5.86. The van der Waals surface area contributed by atoms with Crippen LogP contribution in [0.15, 0.2) is 0 Å². The molecule has 0 bridgehead atoms. The van der Waals surface area contributed by atoms with Crippen LogP contribution < -0.4 is 11.1 Å². The Morgan fingerprint density at radius 1 is 1.39 bits per heavy atom. The second-order valence-corrected chi connectivity index (χ2v) is 5.86. The van der Waals surface area contributed by atoms with Gasteiger partial charge in [-0.1, -0.05) is 33.1 Å². The third-order valence-corrected chi connectivity index (χ3v) is 4.53. The molecule has 1 amide bonds. The van der Waals surface area contributed by atoms with Crippen LogP contribution in [0.3, 0.4) is 0 Å². The SMILES string of the molecule is CCC(CCN)CCC(=O)NCC1CCCC1C. The van der Waals surface area contributed by atoms with Gasteiger partial charge in [0.25, 0.3) is 0 Å². The number of nitrogens with two attached hydrogens (primary N) is 1. The minimum atomic E-state index is 0.226. The van der Waals surface area contributed by atoms with Gasteiger partial charge < -0.3 is 11.1 Å². The molecule has 1 saturated carbocycles. The monoisotopic (exact) mass is 254 g/mol. The molecule has 18 heavy (non-hydrogen) atoms. The first-order valence-corrected chi connectivity index (χ1v) is 7.64. The van der Waals surface area contributed by atoms with Crippen LogP contribution in [0.4, 0.5) is 0 Å². The van der Waals surface area contributed by atoms with Gasteiger partial charge in [0.05, 0.1) is 0 Å². The van der Waals surface area contributed by atoms with E-state index in [1.165, 1.54) is 19.3 Å². The average molecular weight is 254 g/mol. The van der Waals surface area contributed by atoms with Crippen molar-refractivity contribution in [2.45, 2.75) is 58.8 Å². The smallest absolute Gasteiger partial charge is 0.220 e. The zero-order valence-electron chi connectivity index (χ0n) is 12.1. The molecule has 1 aliphatic rings. The van der Waals surface area contributed by atoms with E-state index >= 15 is 0 Å². The Balaban J connectivity index is 2.13. The topological polar surface area (TPSA) is 55.1 Å². The number of hydrogen-bond acceptors (Lipinski definition) is 2. The van der Waals surface area contributed by atoms with Crippen LogP contribution in [0.25, 0.3) is 0 Å². The van der Waals surface area contributed by atoms with Crippen LogP contribution in [0.1, 0.15) is 58.8 Å². The molecule has 0 radical (unpaired) electrons. The van der Waals surface area contributed by atoms with Crippen LogP contribution >= 0.6 is 0 Å². The van der Waals surface area contributed by atoms with Crippen LogP contribution in [-0.2, 0) is 4.79 Å². The maximum absolute atomic E-state index is 11.8. The molecule has 3 atom stereocenters. The van der Waals surface area contributed by atoms with Gasteiger partial charge in [0.2, 0.25) is 5.91 Å². The first kappa shape index (κ1) is 15.5. The van der Waals surface area contributed by atoms with E-state index in [1.54, 1.807) is 0 Å². The number of hydrogen-bond donors (Lipinski definition) is 2. The van der Waals surface area contributed by atoms with Crippen molar-refractivity contribution in [2.24, 2.45) is 23.5 Å². The Bertz CT molecular complexity index is 243. The summed E-state index contributed by atoms with van der Waals surface area (Å²) < 4.78 is 0. The van der Waals surface area contributed by atoms with Crippen molar-refractivity contribution in [3.05, 3.63) is 0 Å². The molecule has 3 unspecified atom stereocenters. The average Bonchev–Trinajstić information content (AvgIpc) is 2.77. The standard InChI is InChI=1S/C15H30N2O/c1-3-13(9-10-16)7-8-15(18)17-11-14-6-4-5-12(14)2/h12-14H,3-11,16H2,1-2H3,(H,17,18). The number of amides is 1. The van der Waals surface area contributed by atoms with Gasteiger partial charge in [0.15, 0.2) is 0 Å². The van der Waals surface area contributed by atoms with Gasteiger partial charge in [-0.2, -0.15) is 0 Å². The predicted molar refractivity (Wildman–Crippen MR) is 76.2 cm³/mol. The summed E-state index contributed by atoms with van der Waals surface area (Å²) in [7, 11) is 0. The predicted octanol–water partition coefficient (Wildman–Crippen LogP) is 2.69. The van der Waals surface area contributed by atoms with Gasteiger partial charge in [-0.05, 0) is 43.6 Å². The van der Waals surface area contributed by atoms with E-state index in [-0.39, 0.29) is 5.91 Å². The fourth-order valence-electron chi connectivity index (χ4n) is 2.98. The van der Waals surface area contributed by atoms with Crippen molar-refractivity contribution in [3.8, 4) is 0 Å². The summed E-state index contributed by atoms with van der Waals surface area (Å²) in [5, 5.41) is 3.11. The first-order chi connectivity index (χ1) is 8.67. The highest BCUT2D eigenvalue weighted by molar-refractivity contribution is 5.75. The van der Waals surface area contributed by atoms with Gasteiger partial charge in [-0.3, -0.25) is 4.79 Å². The van der Waals surface area contributed by atoms with Crippen molar-refractivity contribution in [1.82, 2.24) is 5.32 Å². The normalized spacial score (nSPS) is 25.1. The van der Waals surface area contributed by atoms with E-state index in [0.717, 1.165) is 38.3 Å². The third kappa shape index (κ3) is 5.38. The molecule has 0 aliphatic heterocycles. The maximum atomic E-state index is 11.8. The summed E-state index contributed by atoms with van der Waals surface area (Å²) in [6, 6.07) is 0. The molecule has 0 heterocycles. The van der Waals surface area contributed by atoms with Crippen LogP contribution in [-0.4, -0.2) is 19.0 Å². The molecule has 3 N–H and O–H groups in total. The van der Waals surface area contributed by atoms with E-state index < -0.39 is 0 Å². The number of nitrogens with one attached hydrogen (secondary N) is 1. The lowest BCUT2D eigenvalue weighted by Gasteiger charge is -2.17. The van der Waals surface area contributed by atoms with Crippen LogP contribution in [0.2, 0.25) is 0 Å². The van der Waals surface area contributed by atoms with Crippen molar-refractivity contribution in [3.63, 3.8) is 0 Å². The molecular weight excluding hydrogens is 224 g/mol. The molecule has 1 rings (SSSR count). The third-order valence-electron chi connectivity index (χ3n) is 4.53. The maximum Gasteiger partial charge on any atom is 0.220 e. The molecule has 1 fully saturated rings. The number of carbonyl (C=O) groups excluding carboxylic acids is 1. The largest absolute Gasteiger partial charge is 0.356 e. The zero-order valence-corrected chi connectivity index (χ0v) is 12.1. The molecule has 0 saturated heterocycles. The Labute approximate surface area is 112 Å². The Kier molecular flexibility index (Phi) is 7.33. The van der Waals surface area contributed by atoms with Gasteiger partial charge in [-0.25, -0.2) is 0 Å². The molecule has 0 aromatic rings. The number of rotatable bonds is 8. The lowest BCUT2D eigenvalue weighted by Crippen LogP contribution is -2.30.